The van der Waals surface area contributed by atoms with Crippen LogP contribution < -0.4 is 4.90 Å². The van der Waals surface area contributed by atoms with Gasteiger partial charge in [0.2, 0.25) is 5.95 Å². The molecule has 0 bridgehead atoms. The van der Waals surface area contributed by atoms with Gasteiger partial charge in [-0.1, -0.05) is 30.3 Å². The zero-order valence-corrected chi connectivity index (χ0v) is 14.7. The molecule has 2 saturated heterocycles. The van der Waals surface area contributed by atoms with E-state index >= 15 is 0 Å². The van der Waals surface area contributed by atoms with Crippen molar-refractivity contribution in [3.63, 3.8) is 0 Å². The van der Waals surface area contributed by atoms with Crippen LogP contribution in [0.15, 0.2) is 48.8 Å². The van der Waals surface area contributed by atoms with Crippen molar-refractivity contribution in [2.24, 2.45) is 5.41 Å². The van der Waals surface area contributed by atoms with Crippen molar-refractivity contribution >= 4 is 5.95 Å². The molecule has 0 aliphatic carbocycles. The lowest BCUT2D eigenvalue weighted by molar-refractivity contribution is 0.0106. The number of aromatic nitrogens is 2. The van der Waals surface area contributed by atoms with E-state index in [1.807, 2.05) is 18.5 Å². The number of hydrogen-bond donors (Lipinski definition) is 0. The summed E-state index contributed by atoms with van der Waals surface area (Å²) in [6.45, 7) is 6.68. The number of rotatable bonds is 3. The molecule has 2 aromatic rings. The Morgan fingerprint density at radius 2 is 1.84 bits per heavy atom. The fraction of sp³-hybridized carbons (Fsp3) is 0.500. The lowest BCUT2D eigenvalue weighted by Crippen LogP contribution is -2.50. The van der Waals surface area contributed by atoms with E-state index in [9.17, 15) is 0 Å². The summed E-state index contributed by atoms with van der Waals surface area (Å²) >= 11 is 0. The Hall–Kier alpha value is -1.98. The lowest BCUT2D eigenvalue weighted by atomic mass is 9.80. The van der Waals surface area contributed by atoms with Crippen LogP contribution >= 0.6 is 0 Å². The zero-order valence-electron chi connectivity index (χ0n) is 14.7. The first-order valence-electron chi connectivity index (χ1n) is 9.19. The van der Waals surface area contributed by atoms with Crippen LogP contribution in [0.1, 0.15) is 18.4 Å². The maximum atomic E-state index is 6.01. The molecule has 1 unspecified atom stereocenters. The molecule has 1 aromatic carbocycles. The predicted octanol–water partition coefficient (Wildman–Crippen LogP) is 2.60. The van der Waals surface area contributed by atoms with Gasteiger partial charge in [-0.2, -0.15) is 0 Å². The molecule has 0 radical (unpaired) electrons. The van der Waals surface area contributed by atoms with Crippen LogP contribution in [0.3, 0.4) is 0 Å². The number of nitrogens with zero attached hydrogens (tertiary/aromatic N) is 4. The molecule has 2 aliphatic rings. The van der Waals surface area contributed by atoms with Crippen molar-refractivity contribution in [2.45, 2.75) is 19.4 Å². The summed E-state index contributed by atoms with van der Waals surface area (Å²) in [6.07, 6.45) is 6.08. The molecule has 3 heterocycles. The lowest BCUT2D eigenvalue weighted by Gasteiger charge is -2.43. The number of hydrogen-bond acceptors (Lipinski definition) is 5. The molecule has 2 fully saturated rings. The van der Waals surface area contributed by atoms with Gasteiger partial charge in [0.25, 0.3) is 0 Å². The SMILES string of the molecule is c1ccc(CN2CCCC3(COCCN(c4ncccn4)C3)C2)cc1. The minimum Gasteiger partial charge on any atom is -0.379 e. The van der Waals surface area contributed by atoms with E-state index in [0.29, 0.717) is 0 Å². The van der Waals surface area contributed by atoms with Gasteiger partial charge in [0.15, 0.2) is 0 Å². The molecule has 25 heavy (non-hydrogen) atoms. The Balaban J connectivity index is 1.49. The van der Waals surface area contributed by atoms with Crippen LogP contribution in [0.4, 0.5) is 5.95 Å². The third-order valence-electron chi connectivity index (χ3n) is 5.26. The molecule has 0 N–H and O–H groups in total. The summed E-state index contributed by atoms with van der Waals surface area (Å²) in [4.78, 5) is 13.8. The second-order valence-corrected chi connectivity index (χ2v) is 7.32. The van der Waals surface area contributed by atoms with Crippen molar-refractivity contribution in [1.29, 1.82) is 0 Å². The summed E-state index contributed by atoms with van der Waals surface area (Å²) in [6, 6.07) is 12.6. The Morgan fingerprint density at radius 3 is 2.68 bits per heavy atom. The molecular weight excluding hydrogens is 312 g/mol. The fourth-order valence-electron chi connectivity index (χ4n) is 4.15. The highest BCUT2D eigenvalue weighted by atomic mass is 16.5. The largest absolute Gasteiger partial charge is 0.379 e. The highest BCUT2D eigenvalue weighted by molar-refractivity contribution is 5.29. The summed E-state index contributed by atoms with van der Waals surface area (Å²) in [7, 11) is 0. The third-order valence-corrected chi connectivity index (χ3v) is 5.26. The standard InChI is InChI=1S/C20H26N4O/c1-2-6-18(7-3-1)14-23-11-4-8-20(15-23)16-24(12-13-25-17-20)19-21-9-5-10-22-19/h1-3,5-7,9-10H,4,8,11-17H2. The van der Waals surface area contributed by atoms with Crippen LogP contribution in [0.2, 0.25) is 0 Å². The topological polar surface area (TPSA) is 41.5 Å². The second kappa shape index (κ2) is 7.50. The molecule has 132 valence electrons. The quantitative estimate of drug-likeness (QED) is 0.860. The first-order chi connectivity index (χ1) is 12.3. The highest BCUT2D eigenvalue weighted by Gasteiger charge is 2.39. The normalized spacial score (nSPS) is 25.0. The van der Waals surface area contributed by atoms with E-state index in [1.165, 1.54) is 24.9 Å². The van der Waals surface area contributed by atoms with E-state index in [0.717, 1.165) is 45.3 Å². The number of ether oxygens (including phenoxy) is 1. The van der Waals surface area contributed by atoms with Crippen molar-refractivity contribution in [2.75, 3.05) is 44.3 Å². The summed E-state index contributed by atoms with van der Waals surface area (Å²) < 4.78 is 6.01. The van der Waals surface area contributed by atoms with Crippen LogP contribution in [-0.4, -0.2) is 54.3 Å². The second-order valence-electron chi connectivity index (χ2n) is 7.32. The van der Waals surface area contributed by atoms with Crippen molar-refractivity contribution in [1.82, 2.24) is 14.9 Å². The Labute approximate surface area is 149 Å². The molecule has 1 atom stereocenters. The van der Waals surface area contributed by atoms with Crippen LogP contribution in [0, 0.1) is 5.41 Å². The highest BCUT2D eigenvalue weighted by Crippen LogP contribution is 2.34. The zero-order chi connectivity index (χ0) is 17.0. The van der Waals surface area contributed by atoms with Gasteiger partial charge in [-0.05, 0) is 31.0 Å². The van der Waals surface area contributed by atoms with Gasteiger partial charge in [-0.3, -0.25) is 4.90 Å². The molecule has 0 amide bonds. The van der Waals surface area contributed by atoms with Gasteiger partial charge in [-0.15, -0.1) is 0 Å². The minimum absolute atomic E-state index is 0.169. The molecule has 0 saturated carbocycles. The van der Waals surface area contributed by atoms with Crippen molar-refractivity contribution in [3.8, 4) is 0 Å². The van der Waals surface area contributed by atoms with E-state index in [4.69, 9.17) is 4.74 Å². The number of likely N-dealkylation sites (tertiary alicyclic amines) is 1. The monoisotopic (exact) mass is 338 g/mol. The summed E-state index contributed by atoms with van der Waals surface area (Å²) in [5.74, 6) is 0.826. The fourth-order valence-corrected chi connectivity index (χ4v) is 4.15. The number of anilines is 1. The maximum absolute atomic E-state index is 6.01. The van der Waals surface area contributed by atoms with Gasteiger partial charge in [0.05, 0.1) is 13.2 Å². The van der Waals surface area contributed by atoms with E-state index in [-0.39, 0.29) is 5.41 Å². The Kier molecular flexibility index (Phi) is 4.95. The van der Waals surface area contributed by atoms with E-state index in [2.05, 4.69) is 50.1 Å². The van der Waals surface area contributed by atoms with Crippen LogP contribution in [0.5, 0.6) is 0 Å². The molecule has 2 aliphatic heterocycles. The number of benzene rings is 1. The first-order valence-corrected chi connectivity index (χ1v) is 9.19. The molecule has 5 nitrogen and oxygen atoms in total. The number of piperidine rings is 1. The smallest absolute Gasteiger partial charge is 0.225 e. The Morgan fingerprint density at radius 1 is 1.00 bits per heavy atom. The minimum atomic E-state index is 0.169. The molecule has 1 spiro atoms. The Bertz CT molecular complexity index is 666. The van der Waals surface area contributed by atoms with Crippen molar-refractivity contribution in [3.05, 3.63) is 54.4 Å². The van der Waals surface area contributed by atoms with Gasteiger partial charge >= 0.3 is 0 Å². The van der Waals surface area contributed by atoms with Crippen molar-refractivity contribution < 1.29 is 4.74 Å². The first kappa shape index (κ1) is 16.5. The van der Waals surface area contributed by atoms with E-state index < -0.39 is 0 Å². The molecular formula is C20H26N4O. The maximum Gasteiger partial charge on any atom is 0.225 e. The van der Waals surface area contributed by atoms with Gasteiger partial charge in [0, 0.05) is 44.0 Å². The average molecular weight is 338 g/mol. The third kappa shape index (κ3) is 3.99. The summed E-state index contributed by atoms with van der Waals surface area (Å²) in [5.41, 5.74) is 1.56. The molecule has 5 heteroatoms. The van der Waals surface area contributed by atoms with Gasteiger partial charge < -0.3 is 9.64 Å². The predicted molar refractivity (Wildman–Crippen MR) is 98.5 cm³/mol. The summed E-state index contributed by atoms with van der Waals surface area (Å²) in [5, 5.41) is 0. The molecule has 1 aromatic heterocycles. The van der Waals surface area contributed by atoms with Crippen LogP contribution in [0.25, 0.3) is 0 Å². The van der Waals surface area contributed by atoms with Gasteiger partial charge in [-0.25, -0.2) is 9.97 Å². The van der Waals surface area contributed by atoms with E-state index in [1.54, 1.807) is 0 Å². The average Bonchev–Trinajstić information content (AvgIpc) is 2.86. The van der Waals surface area contributed by atoms with Gasteiger partial charge in [0.1, 0.15) is 0 Å². The van der Waals surface area contributed by atoms with Crippen LogP contribution in [-0.2, 0) is 11.3 Å². The molecule has 4 rings (SSSR count).